The van der Waals surface area contributed by atoms with Crippen LogP contribution in [0.3, 0.4) is 0 Å². The summed E-state index contributed by atoms with van der Waals surface area (Å²) in [7, 11) is -3.53. The summed E-state index contributed by atoms with van der Waals surface area (Å²) in [5, 5.41) is 2.37. The standard InChI is InChI=1S/C12H13F3N2O3S/c1-21(19,20)11(3-4-11)10(18)17-7-8-2-5-16-9(6-8)12(13,14)15/h2,5-6H,3-4,7H2,1H3,(H,17,18). The molecule has 1 aliphatic rings. The Labute approximate surface area is 119 Å². The third-order valence-corrected chi connectivity index (χ3v) is 5.41. The lowest BCUT2D eigenvalue weighted by atomic mass is 10.2. The summed E-state index contributed by atoms with van der Waals surface area (Å²) in [6, 6.07) is 2.15. The number of pyridine rings is 1. The zero-order valence-electron chi connectivity index (χ0n) is 11.1. The predicted molar refractivity (Wildman–Crippen MR) is 67.9 cm³/mol. The van der Waals surface area contributed by atoms with Gasteiger partial charge in [0.05, 0.1) is 0 Å². The summed E-state index contributed by atoms with van der Waals surface area (Å²) >= 11 is 0. The second-order valence-corrected chi connectivity index (χ2v) is 7.32. The van der Waals surface area contributed by atoms with Crippen molar-refractivity contribution in [3.05, 3.63) is 29.6 Å². The van der Waals surface area contributed by atoms with Gasteiger partial charge in [-0.25, -0.2) is 8.42 Å². The van der Waals surface area contributed by atoms with E-state index in [2.05, 4.69) is 10.3 Å². The van der Waals surface area contributed by atoms with Gasteiger partial charge in [0.15, 0.2) is 14.6 Å². The summed E-state index contributed by atoms with van der Waals surface area (Å²) < 4.78 is 59.1. The van der Waals surface area contributed by atoms with E-state index in [1.54, 1.807) is 0 Å². The quantitative estimate of drug-likeness (QED) is 0.906. The van der Waals surface area contributed by atoms with E-state index in [-0.39, 0.29) is 24.9 Å². The summed E-state index contributed by atoms with van der Waals surface area (Å²) in [5.74, 6) is -0.671. The molecule has 1 saturated carbocycles. The number of sulfone groups is 1. The highest BCUT2D eigenvalue weighted by atomic mass is 32.2. The number of aromatic nitrogens is 1. The smallest absolute Gasteiger partial charge is 0.351 e. The number of nitrogens with one attached hydrogen (secondary N) is 1. The average molecular weight is 322 g/mol. The van der Waals surface area contributed by atoms with Gasteiger partial charge in [0.2, 0.25) is 5.91 Å². The molecule has 1 aromatic rings. The second-order valence-electron chi connectivity index (χ2n) is 5.00. The Morgan fingerprint density at radius 2 is 2.05 bits per heavy atom. The van der Waals surface area contributed by atoms with E-state index in [4.69, 9.17) is 0 Å². The summed E-state index contributed by atoms with van der Waals surface area (Å²) in [6.07, 6.45) is -2.12. The molecule has 9 heteroatoms. The van der Waals surface area contributed by atoms with Gasteiger partial charge in [0.1, 0.15) is 5.69 Å². The molecule has 0 aliphatic heterocycles. The molecule has 0 aromatic carbocycles. The summed E-state index contributed by atoms with van der Waals surface area (Å²) in [5.41, 5.74) is -0.853. The van der Waals surface area contributed by atoms with Crippen LogP contribution in [-0.4, -0.2) is 30.3 Å². The van der Waals surface area contributed by atoms with Crippen LogP contribution in [0, 0.1) is 0 Å². The van der Waals surface area contributed by atoms with Crippen molar-refractivity contribution >= 4 is 15.7 Å². The number of hydrogen-bond acceptors (Lipinski definition) is 4. The molecule has 2 rings (SSSR count). The highest BCUT2D eigenvalue weighted by Gasteiger charge is 2.58. The monoisotopic (exact) mass is 322 g/mol. The van der Waals surface area contributed by atoms with Crippen LogP contribution in [-0.2, 0) is 27.4 Å². The molecular weight excluding hydrogens is 309 g/mol. The van der Waals surface area contributed by atoms with Gasteiger partial charge in [0, 0.05) is 19.0 Å². The van der Waals surface area contributed by atoms with Gasteiger partial charge in [-0.2, -0.15) is 13.2 Å². The van der Waals surface area contributed by atoms with Crippen molar-refractivity contribution in [2.75, 3.05) is 6.26 Å². The average Bonchev–Trinajstić information content (AvgIpc) is 3.16. The molecule has 0 radical (unpaired) electrons. The van der Waals surface area contributed by atoms with Crippen LogP contribution in [0.2, 0.25) is 0 Å². The molecule has 0 unspecified atom stereocenters. The van der Waals surface area contributed by atoms with Gasteiger partial charge in [0.25, 0.3) is 0 Å². The van der Waals surface area contributed by atoms with E-state index < -0.39 is 32.4 Å². The molecule has 0 bridgehead atoms. The number of hydrogen-bond donors (Lipinski definition) is 1. The van der Waals surface area contributed by atoms with Gasteiger partial charge < -0.3 is 5.32 Å². The molecular formula is C12H13F3N2O3S. The van der Waals surface area contributed by atoms with Crippen LogP contribution in [0.15, 0.2) is 18.3 Å². The molecule has 5 nitrogen and oxygen atoms in total. The van der Waals surface area contributed by atoms with Crippen molar-refractivity contribution in [3.63, 3.8) is 0 Å². The maximum absolute atomic E-state index is 12.5. The third-order valence-electron chi connectivity index (χ3n) is 3.40. The zero-order chi connectivity index (χ0) is 15.9. The van der Waals surface area contributed by atoms with Gasteiger partial charge in [-0.15, -0.1) is 0 Å². The molecule has 1 heterocycles. The number of carbonyl (C=O) groups excluding carboxylic acids is 1. The number of rotatable bonds is 4. The minimum absolute atomic E-state index is 0.179. The number of halogens is 3. The molecule has 1 N–H and O–H groups in total. The molecule has 0 spiro atoms. The first-order valence-electron chi connectivity index (χ1n) is 6.06. The van der Waals surface area contributed by atoms with E-state index in [9.17, 15) is 26.4 Å². The lowest BCUT2D eigenvalue weighted by Gasteiger charge is -2.14. The van der Waals surface area contributed by atoms with Crippen LogP contribution < -0.4 is 5.32 Å². The topological polar surface area (TPSA) is 76.1 Å². The Bertz CT molecular complexity index is 667. The summed E-state index contributed by atoms with van der Waals surface area (Å²) in [6.45, 7) is -0.179. The lowest BCUT2D eigenvalue weighted by molar-refractivity contribution is -0.141. The Morgan fingerprint density at radius 3 is 2.52 bits per heavy atom. The third kappa shape index (κ3) is 3.17. The van der Waals surface area contributed by atoms with Crippen LogP contribution >= 0.6 is 0 Å². The second kappa shape index (κ2) is 4.97. The molecule has 1 amide bonds. The first-order valence-corrected chi connectivity index (χ1v) is 7.95. The fourth-order valence-electron chi connectivity index (χ4n) is 1.96. The zero-order valence-corrected chi connectivity index (χ0v) is 11.9. The largest absolute Gasteiger partial charge is 0.433 e. The highest BCUT2D eigenvalue weighted by Crippen LogP contribution is 2.43. The molecule has 116 valence electrons. The highest BCUT2D eigenvalue weighted by molar-refractivity contribution is 7.93. The Hall–Kier alpha value is -1.64. The van der Waals surface area contributed by atoms with Crippen molar-refractivity contribution in [1.29, 1.82) is 0 Å². The first kappa shape index (κ1) is 15.7. The van der Waals surface area contributed by atoms with E-state index in [0.717, 1.165) is 18.5 Å². The Balaban J connectivity index is 2.06. The Kier molecular flexibility index (Phi) is 3.73. The number of carbonyl (C=O) groups is 1. The molecule has 21 heavy (non-hydrogen) atoms. The van der Waals surface area contributed by atoms with Crippen molar-refractivity contribution in [3.8, 4) is 0 Å². The predicted octanol–water partition coefficient (Wildman–Crippen LogP) is 1.29. The normalized spacial score (nSPS) is 17.3. The van der Waals surface area contributed by atoms with Crippen LogP contribution in [0.5, 0.6) is 0 Å². The van der Waals surface area contributed by atoms with Crippen molar-refractivity contribution in [1.82, 2.24) is 10.3 Å². The maximum Gasteiger partial charge on any atom is 0.433 e. The SMILES string of the molecule is CS(=O)(=O)C1(C(=O)NCc2ccnc(C(F)(F)F)c2)CC1. The van der Waals surface area contributed by atoms with Crippen LogP contribution in [0.4, 0.5) is 13.2 Å². The number of amides is 1. The minimum Gasteiger partial charge on any atom is -0.351 e. The van der Waals surface area contributed by atoms with Crippen LogP contribution in [0.1, 0.15) is 24.1 Å². The summed E-state index contributed by atoms with van der Waals surface area (Å²) in [4.78, 5) is 15.1. The van der Waals surface area contributed by atoms with Crippen molar-refractivity contribution < 1.29 is 26.4 Å². The number of nitrogens with zero attached hydrogens (tertiary/aromatic N) is 1. The molecule has 1 fully saturated rings. The van der Waals surface area contributed by atoms with E-state index >= 15 is 0 Å². The minimum atomic E-state index is -4.56. The van der Waals surface area contributed by atoms with Gasteiger partial charge >= 0.3 is 6.18 Å². The van der Waals surface area contributed by atoms with Gasteiger partial charge in [-0.05, 0) is 30.5 Å². The fourth-order valence-corrected chi connectivity index (χ4v) is 3.22. The van der Waals surface area contributed by atoms with E-state index in [0.29, 0.717) is 0 Å². The van der Waals surface area contributed by atoms with Crippen LogP contribution in [0.25, 0.3) is 0 Å². The lowest BCUT2D eigenvalue weighted by Crippen LogP contribution is -2.41. The van der Waals surface area contributed by atoms with Crippen molar-refractivity contribution in [2.24, 2.45) is 0 Å². The molecule has 0 atom stereocenters. The molecule has 0 saturated heterocycles. The van der Waals surface area contributed by atoms with Crippen molar-refractivity contribution in [2.45, 2.75) is 30.3 Å². The maximum atomic E-state index is 12.5. The molecule has 1 aromatic heterocycles. The van der Waals surface area contributed by atoms with Gasteiger partial charge in [-0.3, -0.25) is 9.78 Å². The van der Waals surface area contributed by atoms with Gasteiger partial charge in [-0.1, -0.05) is 0 Å². The first-order chi connectivity index (χ1) is 9.56. The fraction of sp³-hybridized carbons (Fsp3) is 0.500. The molecule has 1 aliphatic carbocycles. The number of alkyl halides is 3. The van der Waals surface area contributed by atoms with E-state index in [1.165, 1.54) is 6.07 Å². The Morgan fingerprint density at radius 1 is 1.43 bits per heavy atom. The van der Waals surface area contributed by atoms with E-state index in [1.807, 2.05) is 0 Å².